The normalized spacial score (nSPS) is 16.0. The standard InChI is InChI=1S/C25H31N3O2/c1-25(2,3)15-23(29)26-20-10-11-22(21(14-20)24(30)27-19-8-9-19)28-13-12-17-6-4-5-7-18(17)16-28/h4-7,10-11,14,19H,8-9,12-13,15-16H2,1-3H3,(H,26,29)(H,27,30). The van der Waals surface area contributed by atoms with Gasteiger partial charge in [0.1, 0.15) is 0 Å². The van der Waals surface area contributed by atoms with E-state index in [1.165, 1.54) is 11.1 Å². The summed E-state index contributed by atoms with van der Waals surface area (Å²) in [5, 5.41) is 6.08. The molecule has 5 nitrogen and oxygen atoms in total. The summed E-state index contributed by atoms with van der Waals surface area (Å²) in [5.74, 6) is -0.0889. The third-order valence-corrected chi connectivity index (χ3v) is 5.60. The number of nitrogens with one attached hydrogen (secondary N) is 2. The lowest BCUT2D eigenvalue weighted by atomic mass is 9.92. The summed E-state index contributed by atoms with van der Waals surface area (Å²) in [5.41, 5.74) is 4.83. The predicted octanol–water partition coefficient (Wildman–Crippen LogP) is 4.52. The van der Waals surface area contributed by atoms with Crippen LogP contribution < -0.4 is 15.5 Å². The lowest BCUT2D eigenvalue weighted by molar-refractivity contribution is -0.117. The summed E-state index contributed by atoms with van der Waals surface area (Å²) < 4.78 is 0. The maximum atomic E-state index is 13.0. The topological polar surface area (TPSA) is 61.4 Å². The molecule has 0 aromatic heterocycles. The quantitative estimate of drug-likeness (QED) is 0.769. The number of fused-ring (bicyclic) bond motifs is 1. The minimum atomic E-state index is -0.0859. The van der Waals surface area contributed by atoms with E-state index in [0.29, 0.717) is 17.7 Å². The molecule has 30 heavy (non-hydrogen) atoms. The van der Waals surface area contributed by atoms with Gasteiger partial charge in [-0.25, -0.2) is 0 Å². The summed E-state index contributed by atoms with van der Waals surface area (Å²) >= 11 is 0. The van der Waals surface area contributed by atoms with E-state index >= 15 is 0 Å². The maximum absolute atomic E-state index is 13.0. The molecule has 1 saturated carbocycles. The van der Waals surface area contributed by atoms with Crippen molar-refractivity contribution in [2.24, 2.45) is 5.41 Å². The fourth-order valence-corrected chi connectivity index (χ4v) is 3.95. The number of hydrogen-bond acceptors (Lipinski definition) is 3. The van der Waals surface area contributed by atoms with Crippen LogP contribution in [0.1, 0.15) is 61.5 Å². The second-order valence-electron chi connectivity index (χ2n) is 9.71. The number of amides is 2. The van der Waals surface area contributed by atoms with Crippen LogP contribution in [0.2, 0.25) is 0 Å². The van der Waals surface area contributed by atoms with Gasteiger partial charge in [0, 0.05) is 36.9 Å². The third kappa shape index (κ3) is 5.02. The Labute approximate surface area is 178 Å². The molecule has 0 unspecified atom stereocenters. The summed E-state index contributed by atoms with van der Waals surface area (Å²) in [4.78, 5) is 27.7. The zero-order valence-electron chi connectivity index (χ0n) is 18.1. The molecule has 5 heteroatoms. The number of benzene rings is 2. The minimum Gasteiger partial charge on any atom is -0.366 e. The Hall–Kier alpha value is -2.82. The molecule has 2 amide bonds. The van der Waals surface area contributed by atoms with Crippen molar-refractivity contribution in [2.45, 2.75) is 59.0 Å². The van der Waals surface area contributed by atoms with Crippen LogP contribution >= 0.6 is 0 Å². The Bertz CT molecular complexity index is 957. The van der Waals surface area contributed by atoms with Crippen molar-refractivity contribution in [2.75, 3.05) is 16.8 Å². The van der Waals surface area contributed by atoms with Gasteiger partial charge in [0.25, 0.3) is 5.91 Å². The molecule has 2 aromatic carbocycles. The minimum absolute atomic E-state index is 0.0318. The van der Waals surface area contributed by atoms with E-state index in [2.05, 4.69) is 39.8 Å². The monoisotopic (exact) mass is 405 g/mol. The average Bonchev–Trinajstić information content (AvgIpc) is 3.50. The number of hydrogen-bond donors (Lipinski definition) is 2. The van der Waals surface area contributed by atoms with Crippen molar-refractivity contribution in [3.63, 3.8) is 0 Å². The van der Waals surface area contributed by atoms with Gasteiger partial charge in [-0.1, -0.05) is 45.0 Å². The number of anilines is 2. The van der Waals surface area contributed by atoms with Gasteiger partial charge in [-0.15, -0.1) is 0 Å². The van der Waals surface area contributed by atoms with Crippen molar-refractivity contribution in [3.8, 4) is 0 Å². The molecule has 2 N–H and O–H groups in total. The van der Waals surface area contributed by atoms with E-state index < -0.39 is 0 Å². The van der Waals surface area contributed by atoms with E-state index in [9.17, 15) is 9.59 Å². The molecule has 0 spiro atoms. The van der Waals surface area contributed by atoms with E-state index in [4.69, 9.17) is 0 Å². The van der Waals surface area contributed by atoms with Gasteiger partial charge in [0.15, 0.2) is 0 Å². The number of nitrogens with zero attached hydrogens (tertiary/aromatic N) is 1. The highest BCUT2D eigenvalue weighted by molar-refractivity contribution is 6.02. The molecule has 1 aliphatic heterocycles. The molecule has 0 radical (unpaired) electrons. The smallest absolute Gasteiger partial charge is 0.253 e. The fourth-order valence-electron chi connectivity index (χ4n) is 3.95. The Morgan fingerprint density at radius 2 is 1.80 bits per heavy atom. The zero-order chi connectivity index (χ0) is 21.3. The van der Waals surface area contributed by atoms with Crippen molar-refractivity contribution in [3.05, 3.63) is 59.2 Å². The summed E-state index contributed by atoms with van der Waals surface area (Å²) in [6.07, 6.45) is 3.48. The van der Waals surface area contributed by atoms with Crippen molar-refractivity contribution < 1.29 is 9.59 Å². The maximum Gasteiger partial charge on any atom is 0.253 e. The van der Waals surface area contributed by atoms with E-state index in [-0.39, 0.29) is 23.3 Å². The lowest BCUT2D eigenvalue weighted by Crippen LogP contribution is -2.33. The first-order chi connectivity index (χ1) is 14.3. The molecular formula is C25H31N3O2. The Balaban J connectivity index is 1.59. The molecule has 1 heterocycles. The molecule has 1 aliphatic carbocycles. The highest BCUT2D eigenvalue weighted by atomic mass is 16.2. The SMILES string of the molecule is CC(C)(C)CC(=O)Nc1ccc(N2CCc3ccccc3C2)c(C(=O)NC2CC2)c1. The first-order valence-corrected chi connectivity index (χ1v) is 10.8. The first kappa shape index (κ1) is 20.5. The second kappa shape index (κ2) is 8.13. The van der Waals surface area contributed by atoms with Gasteiger partial charge in [-0.05, 0) is 54.0 Å². The molecule has 0 saturated heterocycles. The zero-order valence-corrected chi connectivity index (χ0v) is 18.1. The van der Waals surface area contributed by atoms with Crippen LogP contribution in [0.25, 0.3) is 0 Å². The highest BCUT2D eigenvalue weighted by Crippen LogP contribution is 2.31. The predicted molar refractivity (Wildman–Crippen MR) is 121 cm³/mol. The van der Waals surface area contributed by atoms with Crippen LogP contribution in [-0.4, -0.2) is 24.4 Å². The van der Waals surface area contributed by atoms with Gasteiger partial charge in [0.05, 0.1) is 5.56 Å². The Kier molecular flexibility index (Phi) is 5.54. The Morgan fingerprint density at radius 3 is 2.50 bits per heavy atom. The van der Waals surface area contributed by atoms with Crippen LogP contribution in [-0.2, 0) is 17.8 Å². The summed E-state index contributed by atoms with van der Waals surface area (Å²) in [7, 11) is 0. The van der Waals surface area contributed by atoms with E-state index in [0.717, 1.165) is 38.0 Å². The van der Waals surface area contributed by atoms with Gasteiger partial charge >= 0.3 is 0 Å². The Morgan fingerprint density at radius 1 is 1.07 bits per heavy atom. The van der Waals surface area contributed by atoms with Crippen LogP contribution in [0.5, 0.6) is 0 Å². The number of rotatable bonds is 5. The summed E-state index contributed by atoms with van der Waals surface area (Å²) in [6.45, 7) is 7.78. The average molecular weight is 406 g/mol. The van der Waals surface area contributed by atoms with Gasteiger partial charge in [0.2, 0.25) is 5.91 Å². The van der Waals surface area contributed by atoms with Crippen LogP contribution in [0.4, 0.5) is 11.4 Å². The van der Waals surface area contributed by atoms with Crippen LogP contribution in [0.15, 0.2) is 42.5 Å². The molecule has 2 aliphatic rings. The summed E-state index contributed by atoms with van der Waals surface area (Å²) in [6, 6.07) is 14.5. The first-order valence-electron chi connectivity index (χ1n) is 10.8. The van der Waals surface area contributed by atoms with Gasteiger partial charge in [-0.3, -0.25) is 9.59 Å². The van der Waals surface area contributed by atoms with Gasteiger partial charge in [-0.2, -0.15) is 0 Å². The lowest BCUT2D eigenvalue weighted by Gasteiger charge is -2.32. The molecule has 158 valence electrons. The van der Waals surface area contributed by atoms with Crippen molar-refractivity contribution in [1.82, 2.24) is 5.32 Å². The number of carbonyl (C=O) groups excluding carboxylic acids is 2. The molecule has 0 bridgehead atoms. The second-order valence-corrected chi connectivity index (χ2v) is 9.71. The van der Waals surface area contributed by atoms with E-state index in [1.807, 2.05) is 39.0 Å². The molecular weight excluding hydrogens is 374 g/mol. The molecule has 1 fully saturated rings. The fraction of sp³-hybridized carbons (Fsp3) is 0.440. The van der Waals surface area contributed by atoms with Gasteiger partial charge < -0.3 is 15.5 Å². The largest absolute Gasteiger partial charge is 0.366 e. The number of carbonyl (C=O) groups is 2. The molecule has 4 rings (SSSR count). The van der Waals surface area contributed by atoms with Crippen LogP contribution in [0, 0.1) is 5.41 Å². The van der Waals surface area contributed by atoms with Crippen LogP contribution in [0.3, 0.4) is 0 Å². The molecule has 2 aromatic rings. The molecule has 0 atom stereocenters. The highest BCUT2D eigenvalue weighted by Gasteiger charge is 2.27. The van der Waals surface area contributed by atoms with Crippen molar-refractivity contribution in [1.29, 1.82) is 0 Å². The van der Waals surface area contributed by atoms with E-state index in [1.54, 1.807) is 0 Å². The van der Waals surface area contributed by atoms with Crippen molar-refractivity contribution >= 4 is 23.2 Å². The third-order valence-electron chi connectivity index (χ3n) is 5.60.